The molecule has 0 spiro atoms. The van der Waals surface area contributed by atoms with Crippen LogP contribution in [0.1, 0.15) is 35.1 Å². The molecule has 2 aromatic heterocycles. The van der Waals surface area contributed by atoms with E-state index in [4.69, 9.17) is 4.74 Å². The number of pyridine rings is 1. The lowest BCUT2D eigenvalue weighted by Gasteiger charge is -2.13. The number of aromatic nitrogens is 3. The number of nitrogens with zero attached hydrogens (tertiary/aromatic N) is 3. The molecule has 0 aromatic carbocycles. The Labute approximate surface area is 124 Å². The van der Waals surface area contributed by atoms with Gasteiger partial charge >= 0.3 is 0 Å². The fourth-order valence-corrected chi connectivity index (χ4v) is 2.84. The zero-order valence-corrected chi connectivity index (χ0v) is 12.5. The number of aryl methyl sites for hydroxylation is 2. The molecule has 3 rings (SSSR count). The first-order valence-electron chi connectivity index (χ1n) is 7.27. The van der Waals surface area contributed by atoms with E-state index in [2.05, 4.69) is 26.3 Å². The largest absolute Gasteiger partial charge is 0.377 e. The second kappa shape index (κ2) is 6.18. The minimum absolute atomic E-state index is 0.435. The van der Waals surface area contributed by atoms with E-state index in [0.29, 0.717) is 18.3 Å². The Kier molecular flexibility index (Phi) is 4.10. The Morgan fingerprint density at radius 2 is 2.29 bits per heavy atom. The van der Waals surface area contributed by atoms with Gasteiger partial charge in [0.15, 0.2) is 5.82 Å². The highest BCUT2D eigenvalue weighted by atomic mass is 16.5. The van der Waals surface area contributed by atoms with Crippen molar-refractivity contribution in [2.24, 2.45) is 0 Å². The van der Waals surface area contributed by atoms with Crippen LogP contribution >= 0.6 is 0 Å². The summed E-state index contributed by atoms with van der Waals surface area (Å²) < 4.78 is 5.10. The highest BCUT2D eigenvalue weighted by Gasteiger charge is 2.23. The van der Waals surface area contributed by atoms with Crippen molar-refractivity contribution in [1.82, 2.24) is 15.0 Å². The quantitative estimate of drug-likeness (QED) is 0.914. The van der Waals surface area contributed by atoms with Crippen molar-refractivity contribution >= 4 is 5.82 Å². The van der Waals surface area contributed by atoms with Crippen LogP contribution in [0.2, 0.25) is 0 Å². The molecule has 5 nitrogen and oxygen atoms in total. The van der Waals surface area contributed by atoms with Gasteiger partial charge in [0.05, 0.1) is 0 Å². The molecule has 0 amide bonds. The third-order valence-corrected chi connectivity index (χ3v) is 3.78. The number of methoxy groups -OCH3 is 1. The second-order valence-electron chi connectivity index (χ2n) is 5.41. The maximum atomic E-state index is 5.10. The molecule has 0 bridgehead atoms. The summed E-state index contributed by atoms with van der Waals surface area (Å²) >= 11 is 0. The van der Waals surface area contributed by atoms with Crippen molar-refractivity contribution in [3.8, 4) is 0 Å². The molecule has 1 aliphatic rings. The van der Waals surface area contributed by atoms with E-state index in [1.54, 1.807) is 7.11 Å². The molecule has 0 saturated carbocycles. The normalized spacial score (nSPS) is 16.8. The number of fused-ring (bicyclic) bond motifs is 1. The Morgan fingerprint density at radius 1 is 1.38 bits per heavy atom. The Morgan fingerprint density at radius 3 is 3.14 bits per heavy atom. The molecular weight excluding hydrogens is 264 g/mol. The van der Waals surface area contributed by atoms with E-state index >= 15 is 0 Å². The SMILES string of the molecule is COCc1nc(C)cc(NC[C@H]2CCc3cccnc32)n1. The molecule has 110 valence electrons. The van der Waals surface area contributed by atoms with Crippen molar-refractivity contribution in [3.63, 3.8) is 0 Å². The molecule has 2 aromatic rings. The Hall–Kier alpha value is -2.01. The number of ether oxygens (including phenoxy) is 1. The standard InChI is InChI=1S/C16H20N4O/c1-11-8-14(20-15(19-11)10-21-2)18-9-13-6-5-12-4-3-7-17-16(12)13/h3-4,7-8,13H,5-6,9-10H2,1-2H3,(H,18,19,20)/t13-/m1/s1. The molecule has 0 aliphatic heterocycles. The highest BCUT2D eigenvalue weighted by Crippen LogP contribution is 2.31. The molecule has 1 atom stereocenters. The summed E-state index contributed by atoms with van der Waals surface area (Å²) in [6.45, 7) is 3.26. The number of hydrogen-bond acceptors (Lipinski definition) is 5. The summed E-state index contributed by atoms with van der Waals surface area (Å²) in [4.78, 5) is 13.3. The number of nitrogens with one attached hydrogen (secondary N) is 1. The van der Waals surface area contributed by atoms with Crippen LogP contribution in [-0.4, -0.2) is 28.6 Å². The van der Waals surface area contributed by atoms with Crippen molar-refractivity contribution in [3.05, 3.63) is 47.2 Å². The van der Waals surface area contributed by atoms with Gasteiger partial charge in [0.2, 0.25) is 0 Å². The number of anilines is 1. The minimum atomic E-state index is 0.435. The first-order chi connectivity index (χ1) is 10.3. The molecule has 0 unspecified atom stereocenters. The summed E-state index contributed by atoms with van der Waals surface area (Å²) in [5.41, 5.74) is 3.56. The van der Waals surface area contributed by atoms with Crippen LogP contribution in [0.4, 0.5) is 5.82 Å². The van der Waals surface area contributed by atoms with Crippen molar-refractivity contribution in [2.45, 2.75) is 32.3 Å². The van der Waals surface area contributed by atoms with Crippen LogP contribution in [0.15, 0.2) is 24.4 Å². The molecule has 0 saturated heterocycles. The Balaban J connectivity index is 1.68. The molecule has 0 fully saturated rings. The van der Waals surface area contributed by atoms with Crippen LogP contribution < -0.4 is 5.32 Å². The number of rotatable bonds is 5. The average Bonchev–Trinajstić information content (AvgIpc) is 2.88. The van der Waals surface area contributed by atoms with Gasteiger partial charge in [-0.2, -0.15) is 0 Å². The lowest BCUT2D eigenvalue weighted by molar-refractivity contribution is 0.177. The fourth-order valence-electron chi connectivity index (χ4n) is 2.84. The van der Waals surface area contributed by atoms with Crippen LogP contribution in [0, 0.1) is 6.92 Å². The molecule has 2 heterocycles. The van der Waals surface area contributed by atoms with E-state index in [9.17, 15) is 0 Å². The van der Waals surface area contributed by atoms with Gasteiger partial charge < -0.3 is 10.1 Å². The van der Waals surface area contributed by atoms with Crippen molar-refractivity contribution < 1.29 is 4.74 Å². The van der Waals surface area contributed by atoms with Gasteiger partial charge in [0.1, 0.15) is 12.4 Å². The zero-order chi connectivity index (χ0) is 14.7. The molecule has 21 heavy (non-hydrogen) atoms. The fraction of sp³-hybridized carbons (Fsp3) is 0.438. The van der Waals surface area contributed by atoms with Gasteiger partial charge in [-0.1, -0.05) is 6.07 Å². The van der Waals surface area contributed by atoms with E-state index < -0.39 is 0 Å². The predicted molar refractivity (Wildman–Crippen MR) is 81.3 cm³/mol. The average molecular weight is 284 g/mol. The molecule has 0 radical (unpaired) electrons. The maximum absolute atomic E-state index is 5.10. The lowest BCUT2D eigenvalue weighted by atomic mass is 10.1. The third kappa shape index (κ3) is 3.19. The highest BCUT2D eigenvalue weighted by molar-refractivity contribution is 5.38. The van der Waals surface area contributed by atoms with Crippen LogP contribution in [0.5, 0.6) is 0 Å². The van der Waals surface area contributed by atoms with Crippen molar-refractivity contribution in [1.29, 1.82) is 0 Å². The smallest absolute Gasteiger partial charge is 0.156 e. The van der Waals surface area contributed by atoms with E-state index in [1.807, 2.05) is 25.3 Å². The zero-order valence-electron chi connectivity index (χ0n) is 12.5. The third-order valence-electron chi connectivity index (χ3n) is 3.78. The van der Waals surface area contributed by atoms with Crippen LogP contribution in [0.3, 0.4) is 0 Å². The predicted octanol–water partition coefficient (Wildman–Crippen LogP) is 2.47. The topological polar surface area (TPSA) is 59.9 Å². The van der Waals surface area contributed by atoms with Crippen molar-refractivity contribution in [2.75, 3.05) is 19.0 Å². The minimum Gasteiger partial charge on any atom is -0.377 e. The van der Waals surface area contributed by atoms with Gasteiger partial charge in [-0.15, -0.1) is 0 Å². The van der Waals surface area contributed by atoms with Gasteiger partial charge in [-0.3, -0.25) is 4.98 Å². The maximum Gasteiger partial charge on any atom is 0.156 e. The second-order valence-corrected chi connectivity index (χ2v) is 5.41. The molecule has 5 heteroatoms. The van der Waals surface area contributed by atoms with Gasteiger partial charge in [-0.05, 0) is 31.4 Å². The molecule has 1 N–H and O–H groups in total. The van der Waals surface area contributed by atoms with E-state index in [-0.39, 0.29) is 0 Å². The summed E-state index contributed by atoms with van der Waals surface area (Å²) in [5.74, 6) is 2.03. The summed E-state index contributed by atoms with van der Waals surface area (Å²) in [6.07, 6.45) is 4.14. The van der Waals surface area contributed by atoms with E-state index in [1.165, 1.54) is 11.3 Å². The lowest BCUT2D eigenvalue weighted by Crippen LogP contribution is -2.13. The van der Waals surface area contributed by atoms with Crippen LogP contribution in [0.25, 0.3) is 0 Å². The summed E-state index contributed by atoms with van der Waals surface area (Å²) in [7, 11) is 1.65. The first kappa shape index (κ1) is 13.9. The van der Waals surface area contributed by atoms with Gasteiger partial charge in [-0.25, -0.2) is 9.97 Å². The first-order valence-corrected chi connectivity index (χ1v) is 7.27. The molecular formula is C16H20N4O. The monoisotopic (exact) mass is 284 g/mol. The molecule has 1 aliphatic carbocycles. The van der Waals surface area contributed by atoms with E-state index in [0.717, 1.165) is 30.9 Å². The van der Waals surface area contributed by atoms with Gasteiger partial charge in [0.25, 0.3) is 0 Å². The summed E-state index contributed by atoms with van der Waals surface area (Å²) in [5, 5.41) is 3.42. The number of hydrogen-bond donors (Lipinski definition) is 1. The summed E-state index contributed by atoms with van der Waals surface area (Å²) in [6, 6.07) is 6.15. The Bertz CT molecular complexity index is 629. The van der Waals surface area contributed by atoms with Crippen LogP contribution in [-0.2, 0) is 17.8 Å². The van der Waals surface area contributed by atoms with Gasteiger partial charge in [0, 0.05) is 43.2 Å².